The molecule has 0 unspecified atom stereocenters. The fourth-order valence-electron chi connectivity index (χ4n) is 3.32. The van der Waals surface area contributed by atoms with Crippen LogP contribution in [-0.4, -0.2) is 95.0 Å². The Balaban J connectivity index is 0.00000324. The van der Waals surface area contributed by atoms with E-state index in [0.29, 0.717) is 17.1 Å². The molecule has 4 rings (SSSR count). The maximum atomic E-state index is 12.8. The van der Waals surface area contributed by atoms with Crippen molar-refractivity contribution < 1.29 is 19.5 Å². The van der Waals surface area contributed by atoms with E-state index in [9.17, 15) is 24.3 Å². The number of carbonyl (C=O) groups excluding carboxylic acids is 2. The molecular weight excluding hydrogens is 556 g/mol. The van der Waals surface area contributed by atoms with Crippen LogP contribution in [0.4, 0.5) is 0 Å². The number of aromatic nitrogens is 3. The van der Waals surface area contributed by atoms with Crippen LogP contribution in [0, 0.1) is 6.92 Å². The molecule has 34 heavy (non-hydrogen) atoms. The van der Waals surface area contributed by atoms with Crippen LogP contribution in [0.5, 0.6) is 0 Å². The fraction of sp³-hybridized carbons (Fsp3) is 0.333. The third kappa shape index (κ3) is 5.67. The number of nitrogens with zero attached hydrogens (tertiary/aromatic N) is 4. The Labute approximate surface area is 237 Å². The quantitative estimate of drug-likeness (QED) is 0.285. The second-order valence-electron chi connectivity index (χ2n) is 7.04. The van der Waals surface area contributed by atoms with Gasteiger partial charge in [0.05, 0.1) is 0 Å². The number of rotatable bonds is 7. The van der Waals surface area contributed by atoms with Gasteiger partial charge >= 0.3 is 35.5 Å². The van der Waals surface area contributed by atoms with Gasteiger partial charge in [-0.3, -0.25) is 19.3 Å². The summed E-state index contributed by atoms with van der Waals surface area (Å²) in [7, 11) is 0. The van der Waals surface area contributed by atoms with Crippen LogP contribution in [0.1, 0.15) is 5.01 Å². The molecule has 2 aromatic rings. The Hall–Kier alpha value is -1.06. The van der Waals surface area contributed by atoms with E-state index in [-0.39, 0.29) is 51.8 Å². The number of carboxylic acids is 1. The first-order chi connectivity index (χ1) is 15.7. The molecule has 0 saturated carbocycles. The van der Waals surface area contributed by atoms with Gasteiger partial charge in [-0.05, 0) is 12.5 Å². The number of thioether (sulfide) groups is 2. The zero-order chi connectivity index (χ0) is 23.9. The summed E-state index contributed by atoms with van der Waals surface area (Å²) in [5.41, 5.74) is 0.0147. The number of carboxylic acid groups (broad SMARTS) is 1. The second-order valence-corrected chi connectivity index (χ2v) is 11.4. The maximum absolute atomic E-state index is 12.8. The van der Waals surface area contributed by atoms with Crippen LogP contribution in [0.2, 0.25) is 10.0 Å². The molecule has 2 N–H and O–H groups in total. The Bertz CT molecular complexity index is 1230. The molecule has 2 amide bonds. The molecule has 1 saturated heterocycles. The minimum atomic E-state index is -1.19. The summed E-state index contributed by atoms with van der Waals surface area (Å²) in [4.78, 5) is 50.0. The number of aliphatic carboxylic acids is 1. The molecule has 0 aliphatic carbocycles. The number of hydrogen-bond acceptors (Lipinski definition) is 9. The van der Waals surface area contributed by atoms with Gasteiger partial charge in [-0.25, -0.2) is 4.79 Å². The molecule has 0 bridgehead atoms. The van der Waals surface area contributed by atoms with Crippen LogP contribution >= 0.6 is 58.1 Å². The van der Waals surface area contributed by atoms with E-state index >= 15 is 0 Å². The molecule has 2 atom stereocenters. The van der Waals surface area contributed by atoms with Gasteiger partial charge in [0.2, 0.25) is 11.3 Å². The summed E-state index contributed by atoms with van der Waals surface area (Å²) in [6, 6.07) is -0.859. The van der Waals surface area contributed by atoms with Gasteiger partial charge < -0.3 is 15.0 Å². The van der Waals surface area contributed by atoms with Crippen LogP contribution < -0.4 is 10.7 Å². The van der Waals surface area contributed by atoms with Gasteiger partial charge in [0.1, 0.15) is 38.7 Å². The minimum absolute atomic E-state index is 0. The number of nitrogens with one attached hydrogen (secondary N) is 1. The van der Waals surface area contributed by atoms with Crippen molar-refractivity contribution in [3.05, 3.63) is 48.9 Å². The number of amides is 2. The predicted molar refractivity (Wildman–Crippen MR) is 133 cm³/mol. The SMILES string of the molecule is Cc1nnc(SCC2=C(C(=O)O)N3C(=O)[C@@H](NC(=O)Cn4cc(Cl)c(=O)c(Cl)c4)[C@H]3SC2)s1.[NaH]. The summed E-state index contributed by atoms with van der Waals surface area (Å²) in [5, 5.41) is 20.4. The molecule has 4 heterocycles. The molecule has 0 spiro atoms. The van der Waals surface area contributed by atoms with Crippen molar-refractivity contribution in [2.24, 2.45) is 0 Å². The van der Waals surface area contributed by atoms with Gasteiger partial charge in [0.25, 0.3) is 5.91 Å². The van der Waals surface area contributed by atoms with E-state index in [2.05, 4.69) is 15.5 Å². The third-order valence-electron chi connectivity index (χ3n) is 4.76. The van der Waals surface area contributed by atoms with Crippen LogP contribution in [0.25, 0.3) is 0 Å². The molecule has 2 aliphatic heterocycles. The Kier molecular flexibility index (Phi) is 9.18. The normalized spacial score (nSPS) is 19.3. The molecule has 0 radical (unpaired) electrons. The fourth-order valence-corrected chi connectivity index (χ4v) is 7.12. The van der Waals surface area contributed by atoms with E-state index < -0.39 is 34.6 Å². The average Bonchev–Trinajstić information content (AvgIpc) is 3.18. The summed E-state index contributed by atoms with van der Waals surface area (Å²) >= 11 is 15.8. The van der Waals surface area contributed by atoms with Crippen molar-refractivity contribution in [3.8, 4) is 0 Å². The number of aryl methyl sites for hydroxylation is 1. The molecule has 1 fully saturated rings. The van der Waals surface area contributed by atoms with Crippen molar-refractivity contribution in [2.45, 2.75) is 29.2 Å². The summed E-state index contributed by atoms with van der Waals surface area (Å²) < 4.78 is 2.06. The number of hydrogen-bond donors (Lipinski definition) is 2. The van der Waals surface area contributed by atoms with Crippen LogP contribution in [0.15, 0.2) is 32.8 Å². The van der Waals surface area contributed by atoms with Crippen molar-refractivity contribution >= 4 is 105 Å². The van der Waals surface area contributed by atoms with Gasteiger partial charge in [-0.1, -0.05) is 46.3 Å². The van der Waals surface area contributed by atoms with Gasteiger partial charge in [0.15, 0.2) is 4.34 Å². The van der Waals surface area contributed by atoms with E-state index in [1.54, 1.807) is 0 Å². The average molecular weight is 572 g/mol. The molecule has 2 aromatic heterocycles. The zero-order valence-electron chi connectivity index (χ0n) is 16.8. The summed E-state index contributed by atoms with van der Waals surface area (Å²) in [5.74, 6) is -1.43. The van der Waals surface area contributed by atoms with E-state index in [0.717, 1.165) is 9.35 Å². The standard InChI is InChI=1S/C18H15Cl2N5O5S3.Na.H/c1-7-22-23-18(33-7)32-6-8-5-31-16-12(15(28)25(16)13(8)17(29)30)21-11(26)4-24-2-9(19)14(27)10(20)3-24;;/h2-3,12,16H,4-6H2,1H3,(H,21,26)(H,29,30);;/t12-,16-;;/m1../s1. The molecule has 2 aliphatic rings. The zero-order valence-corrected chi connectivity index (χ0v) is 20.7. The van der Waals surface area contributed by atoms with Crippen LogP contribution in [0.3, 0.4) is 0 Å². The Morgan fingerprint density at radius 1 is 1.26 bits per heavy atom. The van der Waals surface area contributed by atoms with Gasteiger partial charge in [0, 0.05) is 23.9 Å². The topological polar surface area (TPSA) is 134 Å². The first-order valence-corrected chi connectivity index (χ1v) is 12.9. The first kappa shape index (κ1) is 27.5. The molecular formula is C18H16Cl2N5NaO5S3. The van der Waals surface area contributed by atoms with E-state index in [1.807, 2.05) is 6.92 Å². The number of pyridine rings is 1. The second kappa shape index (κ2) is 11.3. The summed E-state index contributed by atoms with van der Waals surface area (Å²) in [6.45, 7) is 1.62. The van der Waals surface area contributed by atoms with E-state index in [4.69, 9.17) is 23.2 Å². The van der Waals surface area contributed by atoms with Crippen molar-refractivity contribution in [3.63, 3.8) is 0 Å². The van der Waals surface area contributed by atoms with Crippen molar-refractivity contribution in [2.75, 3.05) is 11.5 Å². The molecule has 10 nitrogen and oxygen atoms in total. The summed E-state index contributed by atoms with van der Waals surface area (Å²) in [6.07, 6.45) is 2.54. The Morgan fingerprint density at radius 3 is 2.53 bits per heavy atom. The number of carbonyl (C=O) groups is 3. The predicted octanol–water partition coefficient (Wildman–Crippen LogP) is 1.20. The number of halogens is 2. The number of fused-ring (bicyclic) bond motifs is 1. The van der Waals surface area contributed by atoms with Crippen LogP contribution in [-0.2, 0) is 20.9 Å². The van der Waals surface area contributed by atoms with Gasteiger partial charge in [-0.15, -0.1) is 22.0 Å². The van der Waals surface area contributed by atoms with Gasteiger partial charge in [-0.2, -0.15) is 0 Å². The molecule has 176 valence electrons. The van der Waals surface area contributed by atoms with E-state index in [1.165, 1.54) is 56.7 Å². The van der Waals surface area contributed by atoms with Crippen molar-refractivity contribution in [1.82, 2.24) is 25.0 Å². The number of β-lactam (4-membered cyclic amide) rings is 1. The first-order valence-electron chi connectivity index (χ1n) is 9.33. The third-order valence-corrected chi connectivity index (χ3v) is 8.70. The Morgan fingerprint density at radius 2 is 1.94 bits per heavy atom. The monoisotopic (exact) mass is 571 g/mol. The van der Waals surface area contributed by atoms with Crippen molar-refractivity contribution in [1.29, 1.82) is 0 Å². The molecule has 16 heteroatoms. The molecule has 0 aromatic carbocycles.